The minimum Gasteiger partial charge on any atom is -0.271 e. The number of halogens is 1. The van der Waals surface area contributed by atoms with Crippen LogP contribution in [0.3, 0.4) is 0 Å². The summed E-state index contributed by atoms with van der Waals surface area (Å²) in [7, 11) is 0. The van der Waals surface area contributed by atoms with Gasteiger partial charge in [-0.3, -0.25) is 11.3 Å². The molecule has 3 aromatic rings. The minimum absolute atomic E-state index is 0.00964. The fraction of sp³-hybridized carbons (Fsp3) is 0.176. The van der Waals surface area contributed by atoms with Crippen molar-refractivity contribution in [2.75, 3.05) is 0 Å². The second-order valence-electron chi connectivity index (χ2n) is 5.16. The first-order valence-electron chi connectivity index (χ1n) is 6.87. The van der Waals surface area contributed by atoms with E-state index < -0.39 is 0 Å². The number of nitrogens with one attached hydrogen (secondary N) is 1. The molecule has 0 aliphatic rings. The van der Waals surface area contributed by atoms with Gasteiger partial charge in [-0.2, -0.15) is 0 Å². The molecule has 2 nitrogen and oxygen atoms in total. The molecule has 21 heavy (non-hydrogen) atoms. The van der Waals surface area contributed by atoms with Gasteiger partial charge < -0.3 is 0 Å². The van der Waals surface area contributed by atoms with E-state index in [9.17, 15) is 0 Å². The van der Waals surface area contributed by atoms with Crippen molar-refractivity contribution in [2.45, 2.75) is 19.4 Å². The molecule has 1 atom stereocenters. The number of nitrogens with two attached hydrogens (primary N) is 1. The molecule has 0 bridgehead atoms. The highest BCUT2D eigenvalue weighted by atomic mass is 35.5. The third kappa shape index (κ3) is 2.83. The number of rotatable bonds is 4. The predicted molar refractivity (Wildman–Crippen MR) is 91.8 cm³/mol. The first-order valence-corrected chi connectivity index (χ1v) is 8.12. The van der Waals surface area contributed by atoms with E-state index in [-0.39, 0.29) is 6.04 Å². The van der Waals surface area contributed by atoms with E-state index >= 15 is 0 Å². The maximum absolute atomic E-state index is 6.43. The van der Waals surface area contributed by atoms with Gasteiger partial charge in [0.2, 0.25) is 0 Å². The molecule has 3 rings (SSSR count). The number of hydrogen-bond acceptors (Lipinski definition) is 3. The molecule has 1 heterocycles. The highest BCUT2D eigenvalue weighted by molar-refractivity contribution is 7.17. The Balaban J connectivity index is 1.96. The second-order valence-corrected chi connectivity index (χ2v) is 6.45. The smallest absolute Gasteiger partial charge is 0.0515 e. The maximum Gasteiger partial charge on any atom is 0.0515 e. The molecule has 0 aliphatic heterocycles. The number of hydrogen-bond donors (Lipinski definition) is 2. The molecule has 2 aromatic carbocycles. The van der Waals surface area contributed by atoms with Crippen LogP contribution < -0.4 is 11.3 Å². The molecule has 0 aliphatic carbocycles. The zero-order chi connectivity index (χ0) is 14.8. The standard InChI is InChI=1S/C17H17ClN2S/c1-11-5-4-7-14(17(11)18)15(20-19)9-12-10-21-16-8-3-2-6-13(12)16/h2-8,10,15,20H,9,19H2,1H3. The molecular weight excluding hydrogens is 300 g/mol. The minimum atomic E-state index is 0.00964. The van der Waals surface area contributed by atoms with Crippen LogP contribution in [0.2, 0.25) is 5.02 Å². The maximum atomic E-state index is 6.43. The lowest BCUT2D eigenvalue weighted by molar-refractivity contribution is 0.554. The molecule has 0 saturated carbocycles. The van der Waals surface area contributed by atoms with Crippen LogP contribution in [0.5, 0.6) is 0 Å². The van der Waals surface area contributed by atoms with Gasteiger partial charge in [0.1, 0.15) is 0 Å². The predicted octanol–water partition coefficient (Wildman–Crippen LogP) is 4.61. The number of thiophene rings is 1. The van der Waals surface area contributed by atoms with Crippen molar-refractivity contribution in [3.05, 3.63) is 69.6 Å². The Labute approximate surface area is 133 Å². The Bertz CT molecular complexity index is 766. The van der Waals surface area contributed by atoms with Crippen LogP contribution in [-0.2, 0) is 6.42 Å². The van der Waals surface area contributed by atoms with Gasteiger partial charge in [-0.1, -0.05) is 48.0 Å². The molecular formula is C17H17ClN2S. The van der Waals surface area contributed by atoms with Gasteiger partial charge in [0.05, 0.1) is 6.04 Å². The number of aryl methyl sites for hydroxylation is 1. The topological polar surface area (TPSA) is 38.0 Å². The highest BCUT2D eigenvalue weighted by Crippen LogP contribution is 2.32. The molecule has 0 spiro atoms. The van der Waals surface area contributed by atoms with Crippen LogP contribution in [0.25, 0.3) is 10.1 Å². The van der Waals surface area contributed by atoms with Gasteiger partial charge in [-0.05, 0) is 46.9 Å². The summed E-state index contributed by atoms with van der Waals surface area (Å²) in [5, 5.41) is 4.30. The third-order valence-electron chi connectivity index (χ3n) is 3.78. The lowest BCUT2D eigenvalue weighted by atomic mass is 9.97. The molecule has 4 heteroatoms. The molecule has 0 radical (unpaired) electrons. The lowest BCUT2D eigenvalue weighted by Gasteiger charge is -2.18. The summed E-state index contributed by atoms with van der Waals surface area (Å²) in [5.41, 5.74) is 6.34. The molecule has 108 valence electrons. The molecule has 0 amide bonds. The Hall–Kier alpha value is -1.39. The largest absolute Gasteiger partial charge is 0.271 e. The van der Waals surface area contributed by atoms with Gasteiger partial charge >= 0.3 is 0 Å². The van der Waals surface area contributed by atoms with Crippen LogP contribution in [-0.4, -0.2) is 0 Å². The molecule has 0 fully saturated rings. The van der Waals surface area contributed by atoms with Gasteiger partial charge in [0.25, 0.3) is 0 Å². The summed E-state index contributed by atoms with van der Waals surface area (Å²) < 4.78 is 1.30. The third-order valence-corrected chi connectivity index (χ3v) is 5.31. The number of benzene rings is 2. The summed E-state index contributed by atoms with van der Waals surface area (Å²) in [4.78, 5) is 0. The second kappa shape index (κ2) is 6.16. The fourth-order valence-corrected chi connectivity index (χ4v) is 3.84. The van der Waals surface area contributed by atoms with E-state index in [0.717, 1.165) is 22.6 Å². The summed E-state index contributed by atoms with van der Waals surface area (Å²) in [6.45, 7) is 2.01. The Morgan fingerprint density at radius 2 is 2.00 bits per heavy atom. The van der Waals surface area contributed by atoms with E-state index in [1.54, 1.807) is 11.3 Å². The molecule has 0 saturated heterocycles. The molecule has 1 aromatic heterocycles. The van der Waals surface area contributed by atoms with Crippen molar-refractivity contribution in [3.8, 4) is 0 Å². The van der Waals surface area contributed by atoms with Crippen molar-refractivity contribution in [2.24, 2.45) is 5.84 Å². The van der Waals surface area contributed by atoms with Gasteiger partial charge in [-0.25, -0.2) is 0 Å². The summed E-state index contributed by atoms with van der Waals surface area (Å²) in [5.74, 6) is 5.78. The van der Waals surface area contributed by atoms with E-state index in [0.29, 0.717) is 0 Å². The molecule has 3 N–H and O–H groups in total. The van der Waals surface area contributed by atoms with Gasteiger partial charge in [0, 0.05) is 9.72 Å². The average molecular weight is 317 g/mol. The average Bonchev–Trinajstić information content (AvgIpc) is 2.91. The summed E-state index contributed by atoms with van der Waals surface area (Å²) in [6, 6.07) is 14.5. The molecule has 1 unspecified atom stereocenters. The van der Waals surface area contributed by atoms with E-state index in [4.69, 9.17) is 17.4 Å². The van der Waals surface area contributed by atoms with E-state index in [1.165, 1.54) is 15.6 Å². The number of hydrazine groups is 1. The summed E-state index contributed by atoms with van der Waals surface area (Å²) in [6.07, 6.45) is 0.823. The Morgan fingerprint density at radius 1 is 1.19 bits per heavy atom. The normalized spacial score (nSPS) is 12.7. The Morgan fingerprint density at radius 3 is 2.81 bits per heavy atom. The van der Waals surface area contributed by atoms with Crippen LogP contribution in [0, 0.1) is 6.92 Å². The van der Waals surface area contributed by atoms with Crippen LogP contribution in [0.1, 0.15) is 22.7 Å². The quantitative estimate of drug-likeness (QED) is 0.545. The van der Waals surface area contributed by atoms with E-state index in [2.05, 4.69) is 35.1 Å². The van der Waals surface area contributed by atoms with Crippen molar-refractivity contribution in [1.29, 1.82) is 0 Å². The zero-order valence-corrected chi connectivity index (χ0v) is 13.3. The summed E-state index contributed by atoms with van der Waals surface area (Å²) >= 11 is 8.20. The van der Waals surface area contributed by atoms with Crippen LogP contribution in [0.15, 0.2) is 47.8 Å². The SMILES string of the molecule is Cc1cccc(C(Cc2csc3ccccc23)NN)c1Cl. The lowest BCUT2D eigenvalue weighted by Crippen LogP contribution is -2.29. The first-order chi connectivity index (χ1) is 10.2. The monoisotopic (exact) mass is 316 g/mol. The van der Waals surface area contributed by atoms with Gasteiger partial charge in [-0.15, -0.1) is 11.3 Å². The van der Waals surface area contributed by atoms with Gasteiger partial charge in [0.15, 0.2) is 0 Å². The number of fused-ring (bicyclic) bond motifs is 1. The van der Waals surface area contributed by atoms with Crippen LogP contribution >= 0.6 is 22.9 Å². The Kier molecular flexibility index (Phi) is 4.27. The van der Waals surface area contributed by atoms with Crippen LogP contribution in [0.4, 0.5) is 0 Å². The zero-order valence-electron chi connectivity index (χ0n) is 11.8. The van der Waals surface area contributed by atoms with E-state index in [1.807, 2.05) is 25.1 Å². The highest BCUT2D eigenvalue weighted by Gasteiger charge is 2.16. The van der Waals surface area contributed by atoms with Crippen molar-refractivity contribution in [3.63, 3.8) is 0 Å². The first kappa shape index (κ1) is 14.5. The van der Waals surface area contributed by atoms with Crippen molar-refractivity contribution >= 4 is 33.0 Å². The fourth-order valence-electron chi connectivity index (χ4n) is 2.61. The van der Waals surface area contributed by atoms with Crippen molar-refractivity contribution in [1.82, 2.24) is 5.43 Å². The van der Waals surface area contributed by atoms with Crippen molar-refractivity contribution < 1.29 is 0 Å².